The molecule has 2 amide bonds. The van der Waals surface area contributed by atoms with Crippen LogP contribution in [0.2, 0.25) is 0 Å². The minimum absolute atomic E-state index is 0.0519. The summed E-state index contributed by atoms with van der Waals surface area (Å²) >= 11 is 0. The first-order valence-electron chi connectivity index (χ1n) is 9.53. The van der Waals surface area contributed by atoms with Crippen molar-refractivity contribution in [1.29, 1.82) is 0 Å². The van der Waals surface area contributed by atoms with Crippen LogP contribution < -0.4 is 10.6 Å². The first-order chi connectivity index (χ1) is 11.7. The molecule has 0 aromatic carbocycles. The number of hydrogen-bond donors (Lipinski definition) is 2. The number of ether oxygens (including phenoxy) is 2. The molecule has 0 aromatic rings. The van der Waals surface area contributed by atoms with Crippen molar-refractivity contribution >= 4 is 12.2 Å². The summed E-state index contributed by atoms with van der Waals surface area (Å²) in [5.74, 6) is 0. The number of rotatable bonds is 8. The van der Waals surface area contributed by atoms with Gasteiger partial charge in [0, 0.05) is 12.6 Å². The van der Waals surface area contributed by atoms with Crippen LogP contribution in [0.25, 0.3) is 0 Å². The number of unbranched alkanes of at least 4 members (excludes halogenated alkanes) is 1. The number of hydrogen-bond acceptors (Lipinski definition) is 4. The van der Waals surface area contributed by atoms with E-state index in [0.717, 1.165) is 38.5 Å². The zero-order valence-corrected chi connectivity index (χ0v) is 16.6. The van der Waals surface area contributed by atoms with Gasteiger partial charge in [-0.15, -0.1) is 0 Å². The van der Waals surface area contributed by atoms with Crippen molar-refractivity contribution in [2.24, 2.45) is 10.8 Å². The smallest absolute Gasteiger partial charge is 0.407 e. The van der Waals surface area contributed by atoms with Crippen molar-refractivity contribution in [3.63, 3.8) is 0 Å². The Kier molecular flexibility index (Phi) is 8.53. The van der Waals surface area contributed by atoms with Gasteiger partial charge in [0.2, 0.25) is 0 Å². The van der Waals surface area contributed by atoms with Crippen LogP contribution in [0.3, 0.4) is 0 Å². The summed E-state index contributed by atoms with van der Waals surface area (Å²) in [6.45, 7) is 12.0. The molecule has 1 saturated carbocycles. The van der Waals surface area contributed by atoms with Crippen molar-refractivity contribution in [1.82, 2.24) is 10.6 Å². The summed E-state index contributed by atoms with van der Waals surface area (Å²) in [5, 5.41) is 5.88. The molecule has 0 radical (unpaired) electrons. The lowest BCUT2D eigenvalue weighted by molar-refractivity contribution is 0.0623. The zero-order chi connectivity index (χ0) is 18.9. The van der Waals surface area contributed by atoms with E-state index in [1.807, 2.05) is 6.92 Å². The van der Waals surface area contributed by atoms with E-state index < -0.39 is 0 Å². The Morgan fingerprint density at radius 1 is 1.00 bits per heavy atom. The Bertz CT molecular complexity index is 439. The highest BCUT2D eigenvalue weighted by Gasteiger charge is 2.42. The van der Waals surface area contributed by atoms with Crippen molar-refractivity contribution in [2.45, 2.75) is 79.2 Å². The molecular weight excluding hydrogens is 320 g/mol. The average molecular weight is 357 g/mol. The highest BCUT2D eigenvalue weighted by Crippen LogP contribution is 2.45. The summed E-state index contributed by atoms with van der Waals surface area (Å²) in [6, 6.07) is 0.0519. The monoisotopic (exact) mass is 356 g/mol. The molecule has 1 aliphatic carbocycles. The fraction of sp³-hybridized carbons (Fsp3) is 0.895. The van der Waals surface area contributed by atoms with E-state index in [1.165, 1.54) is 0 Å². The Labute approximate surface area is 152 Å². The van der Waals surface area contributed by atoms with Gasteiger partial charge in [-0.25, -0.2) is 9.59 Å². The van der Waals surface area contributed by atoms with E-state index in [0.29, 0.717) is 19.8 Å². The minimum Gasteiger partial charge on any atom is -0.450 e. The number of carbonyl (C=O) groups is 2. The van der Waals surface area contributed by atoms with E-state index in [4.69, 9.17) is 9.47 Å². The molecule has 1 rings (SSSR count). The summed E-state index contributed by atoms with van der Waals surface area (Å²) < 4.78 is 10.3. The highest BCUT2D eigenvalue weighted by atomic mass is 16.6. The lowest BCUT2D eigenvalue weighted by atomic mass is 9.62. The largest absolute Gasteiger partial charge is 0.450 e. The van der Waals surface area contributed by atoms with Crippen molar-refractivity contribution in [3.05, 3.63) is 0 Å². The lowest BCUT2D eigenvalue weighted by Crippen LogP contribution is -2.50. The predicted octanol–water partition coefficient (Wildman–Crippen LogP) is 4.23. The van der Waals surface area contributed by atoms with Crippen LogP contribution in [0.15, 0.2) is 0 Å². The van der Waals surface area contributed by atoms with Crippen LogP contribution >= 0.6 is 0 Å². The maximum Gasteiger partial charge on any atom is 0.407 e. The van der Waals surface area contributed by atoms with Crippen LogP contribution in [0.1, 0.15) is 73.1 Å². The molecule has 0 bridgehead atoms. The Morgan fingerprint density at radius 3 is 2.32 bits per heavy atom. The van der Waals surface area contributed by atoms with Gasteiger partial charge in [-0.05, 0) is 42.9 Å². The number of amides is 2. The molecule has 1 aliphatic rings. The van der Waals surface area contributed by atoms with Gasteiger partial charge in [-0.3, -0.25) is 0 Å². The number of alkyl carbamates (subject to hydrolysis) is 2. The summed E-state index contributed by atoms with van der Waals surface area (Å²) in [7, 11) is 0. The average Bonchev–Trinajstić information content (AvgIpc) is 2.49. The summed E-state index contributed by atoms with van der Waals surface area (Å²) in [4.78, 5) is 23.7. The SMILES string of the molecule is CCCCOC(=O)NCC1(C)CC(NC(=O)OCCC)CC(C)(C)C1. The van der Waals surface area contributed by atoms with Crippen LogP contribution in [0.4, 0.5) is 9.59 Å². The Morgan fingerprint density at radius 2 is 1.68 bits per heavy atom. The van der Waals surface area contributed by atoms with Gasteiger partial charge in [0.15, 0.2) is 0 Å². The van der Waals surface area contributed by atoms with Crippen LogP contribution in [-0.4, -0.2) is 38.0 Å². The Hall–Kier alpha value is -1.46. The van der Waals surface area contributed by atoms with E-state index in [2.05, 4.69) is 38.3 Å². The first-order valence-corrected chi connectivity index (χ1v) is 9.53. The van der Waals surface area contributed by atoms with Crippen molar-refractivity contribution in [2.75, 3.05) is 19.8 Å². The van der Waals surface area contributed by atoms with Crippen LogP contribution in [-0.2, 0) is 9.47 Å². The molecule has 2 atom stereocenters. The van der Waals surface area contributed by atoms with Gasteiger partial charge >= 0.3 is 12.2 Å². The second-order valence-electron chi connectivity index (χ2n) is 8.38. The Balaban J connectivity index is 2.55. The molecule has 25 heavy (non-hydrogen) atoms. The number of carbonyl (C=O) groups excluding carboxylic acids is 2. The standard InChI is InChI=1S/C19H36N2O4/c1-6-8-10-25-16(22)20-14-19(5)12-15(11-18(3,4)13-19)21-17(23)24-9-7-2/h15H,6-14H2,1-5H3,(H,20,22)(H,21,23). The molecule has 0 saturated heterocycles. The molecule has 6 nitrogen and oxygen atoms in total. The maximum absolute atomic E-state index is 11.9. The normalized spacial score (nSPS) is 25.1. The van der Waals surface area contributed by atoms with E-state index in [9.17, 15) is 9.59 Å². The predicted molar refractivity (Wildman–Crippen MR) is 98.6 cm³/mol. The second-order valence-corrected chi connectivity index (χ2v) is 8.38. The van der Waals surface area contributed by atoms with Gasteiger partial charge in [-0.2, -0.15) is 0 Å². The molecule has 0 spiro atoms. The lowest BCUT2D eigenvalue weighted by Gasteiger charge is -2.46. The first kappa shape index (κ1) is 21.6. The van der Waals surface area contributed by atoms with Gasteiger partial charge in [0.25, 0.3) is 0 Å². The molecule has 2 N–H and O–H groups in total. The number of nitrogens with one attached hydrogen (secondary N) is 2. The fourth-order valence-corrected chi connectivity index (χ4v) is 3.92. The molecule has 2 unspecified atom stereocenters. The zero-order valence-electron chi connectivity index (χ0n) is 16.6. The molecule has 6 heteroatoms. The van der Waals surface area contributed by atoms with Crippen LogP contribution in [0.5, 0.6) is 0 Å². The molecule has 146 valence electrons. The van der Waals surface area contributed by atoms with Crippen LogP contribution in [0, 0.1) is 10.8 Å². The van der Waals surface area contributed by atoms with Crippen molar-refractivity contribution in [3.8, 4) is 0 Å². The van der Waals surface area contributed by atoms with Crippen molar-refractivity contribution < 1.29 is 19.1 Å². The third-order valence-electron chi connectivity index (χ3n) is 4.59. The molecular formula is C19H36N2O4. The topological polar surface area (TPSA) is 76.7 Å². The van der Waals surface area contributed by atoms with Gasteiger partial charge in [0.1, 0.15) is 0 Å². The second kappa shape index (κ2) is 9.88. The van der Waals surface area contributed by atoms with Gasteiger partial charge < -0.3 is 20.1 Å². The van der Waals surface area contributed by atoms with E-state index in [-0.39, 0.29) is 29.1 Å². The van der Waals surface area contributed by atoms with Gasteiger partial charge in [-0.1, -0.05) is 41.0 Å². The molecule has 0 heterocycles. The molecule has 0 aliphatic heterocycles. The third kappa shape index (κ3) is 8.45. The summed E-state index contributed by atoms with van der Waals surface area (Å²) in [6.07, 6.45) is 4.69. The van der Waals surface area contributed by atoms with E-state index >= 15 is 0 Å². The maximum atomic E-state index is 11.9. The van der Waals surface area contributed by atoms with E-state index in [1.54, 1.807) is 0 Å². The van der Waals surface area contributed by atoms with Gasteiger partial charge in [0.05, 0.1) is 13.2 Å². The molecule has 1 fully saturated rings. The fourth-order valence-electron chi connectivity index (χ4n) is 3.92. The third-order valence-corrected chi connectivity index (χ3v) is 4.59. The molecule has 0 aromatic heterocycles. The summed E-state index contributed by atoms with van der Waals surface area (Å²) in [5.41, 5.74) is -0.00225. The highest BCUT2D eigenvalue weighted by molar-refractivity contribution is 5.68. The quantitative estimate of drug-likeness (QED) is 0.638. The minimum atomic E-state index is -0.357.